The van der Waals surface area contributed by atoms with Gasteiger partial charge in [0, 0.05) is 17.5 Å². The summed E-state index contributed by atoms with van der Waals surface area (Å²) in [5, 5.41) is 37.2. The maximum absolute atomic E-state index is 12.2. The molecule has 2 rings (SSSR count). The van der Waals surface area contributed by atoms with E-state index in [2.05, 4.69) is 0 Å². The van der Waals surface area contributed by atoms with E-state index in [9.17, 15) is 24.6 Å². The summed E-state index contributed by atoms with van der Waals surface area (Å²) in [5.41, 5.74) is -3.26. The lowest BCUT2D eigenvalue weighted by atomic mass is 9.83. The highest BCUT2D eigenvalue weighted by atomic mass is 16.4. The van der Waals surface area contributed by atoms with Gasteiger partial charge in [-0.25, -0.2) is 9.59 Å². The van der Waals surface area contributed by atoms with Crippen molar-refractivity contribution in [2.75, 3.05) is 0 Å². The van der Waals surface area contributed by atoms with Gasteiger partial charge in [0.2, 0.25) is 0 Å². The van der Waals surface area contributed by atoms with Gasteiger partial charge in [0.15, 0.2) is 17.0 Å². The maximum Gasteiger partial charge on any atom is 0.340 e. The van der Waals surface area contributed by atoms with Crippen LogP contribution < -0.4 is 0 Å². The molecule has 0 saturated carbocycles. The molecule has 2 unspecified atom stereocenters. The molecule has 0 aliphatic heterocycles. The summed E-state index contributed by atoms with van der Waals surface area (Å²) in [6.45, 7) is 8.23. The monoisotopic (exact) mass is 430 g/mol. The van der Waals surface area contributed by atoms with E-state index in [4.69, 9.17) is 10.2 Å². The topological polar surface area (TPSA) is 132 Å². The number of carbonyl (C=O) groups excluding carboxylic acids is 1. The number of carboxylic acid groups (broad SMARTS) is 2. The first-order valence-electron chi connectivity index (χ1n) is 9.70. The van der Waals surface area contributed by atoms with Crippen molar-refractivity contribution < 1.29 is 34.8 Å². The van der Waals surface area contributed by atoms with Crippen LogP contribution in [-0.2, 0) is 20.8 Å². The molecule has 4 N–H and O–H groups in total. The van der Waals surface area contributed by atoms with Crippen molar-refractivity contribution in [2.24, 2.45) is 5.41 Å². The van der Waals surface area contributed by atoms with E-state index in [1.54, 1.807) is 48.5 Å². The van der Waals surface area contributed by atoms with Crippen LogP contribution in [0.25, 0.3) is 0 Å². The number of carbonyl (C=O) groups is 3. The van der Waals surface area contributed by atoms with Crippen LogP contribution in [0.2, 0.25) is 0 Å². The number of ketones is 1. The van der Waals surface area contributed by atoms with Crippen LogP contribution in [0, 0.1) is 5.41 Å². The van der Waals surface area contributed by atoms with Gasteiger partial charge in [0.05, 0.1) is 0 Å². The molecule has 0 aliphatic rings. The highest BCUT2D eigenvalue weighted by Crippen LogP contribution is 2.28. The Labute approximate surface area is 182 Å². The van der Waals surface area contributed by atoms with E-state index in [1.807, 2.05) is 20.8 Å². The fourth-order valence-corrected chi connectivity index (χ4v) is 2.73. The van der Waals surface area contributed by atoms with E-state index in [1.165, 1.54) is 19.9 Å². The first kappa shape index (κ1) is 26.0. The van der Waals surface area contributed by atoms with Gasteiger partial charge in [0.1, 0.15) is 0 Å². The first-order chi connectivity index (χ1) is 14.1. The van der Waals surface area contributed by atoms with Crippen LogP contribution in [-0.4, -0.2) is 38.1 Å². The summed E-state index contributed by atoms with van der Waals surface area (Å²) in [4.78, 5) is 33.9. The maximum atomic E-state index is 12.2. The van der Waals surface area contributed by atoms with E-state index in [0.29, 0.717) is 12.0 Å². The largest absolute Gasteiger partial charge is 0.479 e. The molecule has 7 heteroatoms. The van der Waals surface area contributed by atoms with Crippen molar-refractivity contribution in [3.05, 3.63) is 71.3 Å². The Morgan fingerprint density at radius 3 is 1.61 bits per heavy atom. The highest BCUT2D eigenvalue weighted by Gasteiger charge is 2.36. The number of carboxylic acids is 2. The Morgan fingerprint density at radius 1 is 0.710 bits per heavy atom. The van der Waals surface area contributed by atoms with Gasteiger partial charge in [-0.05, 0) is 24.8 Å². The number of aliphatic hydroxyl groups is 2. The van der Waals surface area contributed by atoms with E-state index < -0.39 is 23.1 Å². The highest BCUT2D eigenvalue weighted by molar-refractivity contribution is 5.99. The molecule has 0 aliphatic carbocycles. The van der Waals surface area contributed by atoms with Crippen LogP contribution in [0.1, 0.15) is 62.5 Å². The van der Waals surface area contributed by atoms with E-state index >= 15 is 0 Å². The summed E-state index contributed by atoms with van der Waals surface area (Å²) >= 11 is 0. The van der Waals surface area contributed by atoms with Gasteiger partial charge in [-0.1, -0.05) is 75.4 Å². The fourth-order valence-electron chi connectivity index (χ4n) is 2.73. The third kappa shape index (κ3) is 7.01. The Kier molecular flexibility index (Phi) is 8.26. The third-order valence-electron chi connectivity index (χ3n) is 4.61. The molecule has 2 aromatic rings. The van der Waals surface area contributed by atoms with E-state index in [0.717, 1.165) is 0 Å². The van der Waals surface area contributed by atoms with Crippen LogP contribution in [0.3, 0.4) is 0 Å². The molecule has 2 atom stereocenters. The number of benzene rings is 2. The second kappa shape index (κ2) is 9.85. The number of Topliss-reactive ketones (excluding diaryl/α,β-unsaturated/α-hetero) is 1. The standard InChI is InChI=1S/C15H20O4.C9H10O3/c1-14(2,3)9-12(16)10-7-5-6-8-11(10)15(4,19)13(17)18;1-9(12,8(10)11)7-5-3-2-4-6-7/h5-8,19H,9H2,1-4H3,(H,17,18);2-6,12H,1H3,(H,10,11). The zero-order valence-electron chi connectivity index (χ0n) is 18.4. The lowest BCUT2D eigenvalue weighted by molar-refractivity contribution is -0.158. The second-order valence-electron chi connectivity index (χ2n) is 8.83. The van der Waals surface area contributed by atoms with Crippen LogP contribution in [0.5, 0.6) is 0 Å². The van der Waals surface area contributed by atoms with Crippen LogP contribution in [0.15, 0.2) is 54.6 Å². The van der Waals surface area contributed by atoms with Crippen LogP contribution in [0.4, 0.5) is 0 Å². The minimum atomic E-state index is -2.07. The van der Waals surface area contributed by atoms with Gasteiger partial charge in [0.25, 0.3) is 0 Å². The van der Waals surface area contributed by atoms with Gasteiger partial charge < -0.3 is 20.4 Å². The van der Waals surface area contributed by atoms with Crippen LogP contribution >= 0.6 is 0 Å². The lowest BCUT2D eigenvalue weighted by Gasteiger charge is -2.23. The smallest absolute Gasteiger partial charge is 0.340 e. The van der Waals surface area contributed by atoms with Crippen molar-refractivity contribution in [3.8, 4) is 0 Å². The Morgan fingerprint density at radius 2 is 1.16 bits per heavy atom. The molecule has 0 heterocycles. The molecule has 0 radical (unpaired) electrons. The minimum Gasteiger partial charge on any atom is -0.479 e. The lowest BCUT2D eigenvalue weighted by Crippen LogP contribution is -2.34. The quantitative estimate of drug-likeness (QED) is 0.515. The number of rotatable bonds is 6. The van der Waals surface area contributed by atoms with Crippen molar-refractivity contribution in [1.29, 1.82) is 0 Å². The summed E-state index contributed by atoms with van der Waals surface area (Å²) in [6.07, 6.45) is 0.291. The third-order valence-corrected chi connectivity index (χ3v) is 4.61. The summed E-state index contributed by atoms with van der Waals surface area (Å²) in [7, 11) is 0. The molecule has 0 amide bonds. The Hall–Kier alpha value is -3.03. The molecular formula is C24H30O7. The zero-order valence-corrected chi connectivity index (χ0v) is 18.4. The molecular weight excluding hydrogens is 400 g/mol. The zero-order chi connectivity index (χ0) is 24.0. The molecule has 0 aromatic heterocycles. The average Bonchev–Trinajstić information content (AvgIpc) is 2.67. The summed E-state index contributed by atoms with van der Waals surface area (Å²) in [6, 6.07) is 14.6. The molecule has 0 fully saturated rings. The normalized spacial score (nSPS) is 14.9. The second-order valence-corrected chi connectivity index (χ2v) is 8.83. The SMILES string of the molecule is CC(C)(C)CC(=O)c1ccccc1C(C)(O)C(=O)O.CC(O)(C(=O)O)c1ccccc1. The predicted octanol–water partition coefficient (Wildman–Crippen LogP) is 3.58. The Bertz CT molecular complexity index is 922. The average molecular weight is 430 g/mol. The van der Waals surface area contributed by atoms with Crippen molar-refractivity contribution in [2.45, 2.75) is 52.2 Å². The first-order valence-corrected chi connectivity index (χ1v) is 9.70. The molecule has 0 saturated heterocycles. The number of aliphatic carboxylic acids is 2. The van der Waals surface area contributed by atoms with E-state index in [-0.39, 0.29) is 22.3 Å². The minimum absolute atomic E-state index is 0.136. The van der Waals surface area contributed by atoms with Gasteiger partial charge in [-0.3, -0.25) is 4.79 Å². The van der Waals surface area contributed by atoms with Crippen molar-refractivity contribution >= 4 is 17.7 Å². The molecule has 0 spiro atoms. The molecule has 7 nitrogen and oxygen atoms in total. The van der Waals surface area contributed by atoms with Crippen molar-refractivity contribution in [3.63, 3.8) is 0 Å². The Balaban J connectivity index is 0.000000343. The van der Waals surface area contributed by atoms with Crippen molar-refractivity contribution in [1.82, 2.24) is 0 Å². The van der Waals surface area contributed by atoms with Gasteiger partial charge in [-0.15, -0.1) is 0 Å². The molecule has 168 valence electrons. The number of hydrogen-bond acceptors (Lipinski definition) is 5. The van der Waals surface area contributed by atoms with Gasteiger partial charge in [-0.2, -0.15) is 0 Å². The summed E-state index contributed by atoms with van der Waals surface area (Å²) < 4.78 is 0. The molecule has 2 aromatic carbocycles. The predicted molar refractivity (Wildman–Crippen MR) is 116 cm³/mol. The fraction of sp³-hybridized carbons (Fsp3) is 0.375. The molecule has 31 heavy (non-hydrogen) atoms. The summed E-state index contributed by atoms with van der Waals surface area (Å²) in [5.74, 6) is -2.78. The molecule has 0 bridgehead atoms. The van der Waals surface area contributed by atoms with Gasteiger partial charge >= 0.3 is 11.9 Å². The number of hydrogen-bond donors (Lipinski definition) is 4.